The summed E-state index contributed by atoms with van der Waals surface area (Å²) in [6.45, 7) is 7.54. The minimum absolute atomic E-state index is 0.499. The molecule has 1 aliphatic carbocycles. The predicted octanol–water partition coefficient (Wildman–Crippen LogP) is 1.60. The van der Waals surface area contributed by atoms with Gasteiger partial charge in [-0.25, -0.2) is 4.98 Å². The number of thiazole rings is 1. The second kappa shape index (κ2) is 6.32. The van der Waals surface area contributed by atoms with E-state index < -0.39 is 0 Å². The van der Waals surface area contributed by atoms with Gasteiger partial charge in [-0.3, -0.25) is 9.89 Å². The van der Waals surface area contributed by atoms with Gasteiger partial charge in [0.1, 0.15) is 0 Å². The van der Waals surface area contributed by atoms with E-state index in [1.165, 1.54) is 24.3 Å². The molecule has 2 fully saturated rings. The third-order valence-corrected chi connectivity index (χ3v) is 5.45. The lowest BCUT2D eigenvalue weighted by atomic mass is 10.1. The summed E-state index contributed by atoms with van der Waals surface area (Å²) in [7, 11) is 1.84. The van der Waals surface area contributed by atoms with Gasteiger partial charge in [0.05, 0.1) is 17.7 Å². The molecule has 0 spiro atoms. The van der Waals surface area contributed by atoms with E-state index in [2.05, 4.69) is 39.4 Å². The van der Waals surface area contributed by atoms with E-state index >= 15 is 0 Å². The molecule has 3 rings (SSSR count). The van der Waals surface area contributed by atoms with Crippen LogP contribution in [0.15, 0.2) is 10.5 Å². The van der Waals surface area contributed by atoms with E-state index in [1.807, 2.05) is 12.6 Å². The van der Waals surface area contributed by atoms with Gasteiger partial charge in [-0.2, -0.15) is 0 Å². The van der Waals surface area contributed by atoms with Crippen LogP contribution in [0.25, 0.3) is 0 Å². The number of rotatable bonds is 4. The van der Waals surface area contributed by atoms with E-state index in [0.717, 1.165) is 30.8 Å². The average Bonchev–Trinajstić information content (AvgIpc) is 3.15. The average molecular weight is 307 g/mol. The number of aromatic nitrogens is 1. The van der Waals surface area contributed by atoms with Crippen LogP contribution in [-0.4, -0.2) is 48.1 Å². The van der Waals surface area contributed by atoms with Crippen LogP contribution in [0.1, 0.15) is 30.3 Å². The van der Waals surface area contributed by atoms with E-state index in [1.54, 1.807) is 11.3 Å². The molecule has 6 heteroatoms. The zero-order valence-electron chi connectivity index (χ0n) is 13.1. The van der Waals surface area contributed by atoms with Crippen LogP contribution in [0.2, 0.25) is 0 Å². The van der Waals surface area contributed by atoms with Crippen LogP contribution >= 0.6 is 11.3 Å². The Kier molecular flexibility index (Phi) is 4.45. The predicted molar refractivity (Wildman–Crippen MR) is 87.7 cm³/mol. The number of aryl methyl sites for hydroxylation is 1. The summed E-state index contributed by atoms with van der Waals surface area (Å²) in [4.78, 5) is 12.5. The van der Waals surface area contributed by atoms with Crippen LogP contribution in [-0.2, 0) is 6.54 Å². The minimum atomic E-state index is 0.499. The molecule has 2 heterocycles. The Balaban J connectivity index is 1.51. The number of guanidine groups is 1. The lowest BCUT2D eigenvalue weighted by Gasteiger charge is -2.20. The molecule has 2 aliphatic rings. The van der Waals surface area contributed by atoms with Crippen LogP contribution in [0, 0.1) is 12.8 Å². The first-order valence-corrected chi connectivity index (χ1v) is 8.65. The Labute approximate surface area is 130 Å². The maximum absolute atomic E-state index is 4.36. The molecule has 0 radical (unpaired) electrons. The van der Waals surface area contributed by atoms with Gasteiger partial charge in [-0.1, -0.05) is 6.92 Å². The smallest absolute Gasteiger partial charge is 0.191 e. The Morgan fingerprint density at radius 1 is 1.48 bits per heavy atom. The molecule has 1 saturated carbocycles. The normalized spacial score (nSPS) is 27.1. The Bertz CT molecular complexity index is 508. The highest BCUT2D eigenvalue weighted by Gasteiger charge is 2.38. The third-order valence-electron chi connectivity index (χ3n) is 4.51. The molecule has 2 unspecified atom stereocenters. The summed E-state index contributed by atoms with van der Waals surface area (Å²) in [5.41, 5.74) is 3.01. The van der Waals surface area contributed by atoms with Crippen molar-refractivity contribution in [3.8, 4) is 0 Å². The van der Waals surface area contributed by atoms with Crippen LogP contribution < -0.4 is 10.6 Å². The summed E-state index contributed by atoms with van der Waals surface area (Å²) in [6, 6.07) is 1.36. The van der Waals surface area contributed by atoms with Gasteiger partial charge in [0, 0.05) is 37.1 Å². The molecule has 0 bridgehead atoms. The lowest BCUT2D eigenvalue weighted by molar-refractivity contribution is 0.315. The minimum Gasteiger partial charge on any atom is -0.352 e. The standard InChI is InChI=1S/C15H25N5S/c1-10-7-20(12-4-5-12)8-13(10)19-15(16-3)17-6-14-11(2)18-9-21-14/h9-10,12-13H,4-8H2,1-3H3,(H2,16,17,19). The van der Waals surface area contributed by atoms with Gasteiger partial charge in [-0.15, -0.1) is 11.3 Å². The first-order chi connectivity index (χ1) is 10.2. The van der Waals surface area contributed by atoms with Crippen molar-refractivity contribution in [2.24, 2.45) is 10.9 Å². The van der Waals surface area contributed by atoms with Crippen molar-refractivity contribution in [1.82, 2.24) is 20.5 Å². The molecular formula is C15H25N5S. The molecule has 1 aliphatic heterocycles. The van der Waals surface area contributed by atoms with E-state index in [-0.39, 0.29) is 0 Å². The second-order valence-electron chi connectivity index (χ2n) is 6.20. The Morgan fingerprint density at radius 3 is 2.90 bits per heavy atom. The summed E-state index contributed by atoms with van der Waals surface area (Å²) in [5, 5.41) is 7.00. The van der Waals surface area contributed by atoms with Crippen molar-refractivity contribution in [3.63, 3.8) is 0 Å². The molecule has 0 aromatic carbocycles. The van der Waals surface area contributed by atoms with E-state index in [0.29, 0.717) is 12.0 Å². The van der Waals surface area contributed by atoms with Gasteiger partial charge < -0.3 is 10.6 Å². The van der Waals surface area contributed by atoms with Crippen LogP contribution in [0.3, 0.4) is 0 Å². The van der Waals surface area contributed by atoms with Crippen molar-refractivity contribution in [2.75, 3.05) is 20.1 Å². The molecule has 5 nitrogen and oxygen atoms in total. The molecule has 2 atom stereocenters. The fraction of sp³-hybridized carbons (Fsp3) is 0.733. The number of hydrogen-bond donors (Lipinski definition) is 2. The maximum atomic E-state index is 4.36. The highest BCUT2D eigenvalue weighted by Crippen LogP contribution is 2.31. The number of likely N-dealkylation sites (tertiary alicyclic amines) is 1. The first-order valence-electron chi connectivity index (χ1n) is 7.77. The molecule has 116 valence electrons. The van der Waals surface area contributed by atoms with E-state index in [4.69, 9.17) is 0 Å². The topological polar surface area (TPSA) is 52.6 Å². The number of hydrogen-bond acceptors (Lipinski definition) is 4. The Morgan fingerprint density at radius 2 is 2.29 bits per heavy atom. The van der Waals surface area contributed by atoms with Gasteiger partial charge in [0.15, 0.2) is 5.96 Å². The second-order valence-corrected chi connectivity index (χ2v) is 7.14. The quantitative estimate of drug-likeness (QED) is 0.655. The fourth-order valence-electron chi connectivity index (χ4n) is 2.96. The summed E-state index contributed by atoms with van der Waals surface area (Å²) in [5.74, 6) is 1.58. The molecule has 1 saturated heterocycles. The molecule has 0 amide bonds. The number of nitrogens with zero attached hydrogens (tertiary/aromatic N) is 3. The third kappa shape index (κ3) is 3.55. The van der Waals surface area contributed by atoms with Crippen LogP contribution in [0.5, 0.6) is 0 Å². The maximum Gasteiger partial charge on any atom is 0.191 e. The molecule has 21 heavy (non-hydrogen) atoms. The van der Waals surface area contributed by atoms with Gasteiger partial charge in [0.25, 0.3) is 0 Å². The van der Waals surface area contributed by atoms with Gasteiger partial charge in [-0.05, 0) is 25.7 Å². The number of aliphatic imine (C=N–C) groups is 1. The lowest BCUT2D eigenvalue weighted by Crippen LogP contribution is -2.46. The van der Waals surface area contributed by atoms with Gasteiger partial charge >= 0.3 is 0 Å². The van der Waals surface area contributed by atoms with Crippen LogP contribution in [0.4, 0.5) is 0 Å². The zero-order chi connectivity index (χ0) is 14.8. The van der Waals surface area contributed by atoms with Crippen molar-refractivity contribution >= 4 is 17.3 Å². The number of nitrogens with one attached hydrogen (secondary N) is 2. The molecular weight excluding hydrogens is 282 g/mol. The van der Waals surface area contributed by atoms with Crippen molar-refractivity contribution in [3.05, 3.63) is 16.1 Å². The largest absolute Gasteiger partial charge is 0.352 e. The van der Waals surface area contributed by atoms with E-state index in [9.17, 15) is 0 Å². The first kappa shape index (κ1) is 14.8. The van der Waals surface area contributed by atoms with Gasteiger partial charge in [0.2, 0.25) is 0 Å². The highest BCUT2D eigenvalue weighted by atomic mass is 32.1. The Hall–Kier alpha value is -1.14. The molecule has 1 aromatic rings. The van der Waals surface area contributed by atoms with Crippen molar-refractivity contribution in [2.45, 2.75) is 45.3 Å². The summed E-state index contributed by atoms with van der Waals surface area (Å²) < 4.78 is 0. The van der Waals surface area contributed by atoms with Crippen molar-refractivity contribution < 1.29 is 0 Å². The highest BCUT2D eigenvalue weighted by molar-refractivity contribution is 7.09. The SMILES string of the molecule is CN=C(NCc1scnc1C)NC1CN(C2CC2)CC1C. The zero-order valence-corrected chi connectivity index (χ0v) is 13.9. The fourth-order valence-corrected chi connectivity index (χ4v) is 3.68. The molecule has 2 N–H and O–H groups in total. The summed E-state index contributed by atoms with van der Waals surface area (Å²) >= 11 is 1.69. The monoisotopic (exact) mass is 307 g/mol. The molecule has 1 aromatic heterocycles. The van der Waals surface area contributed by atoms with Crippen molar-refractivity contribution in [1.29, 1.82) is 0 Å². The summed E-state index contributed by atoms with van der Waals surface area (Å²) in [6.07, 6.45) is 2.77.